The van der Waals surface area contributed by atoms with E-state index in [0.717, 1.165) is 5.56 Å². The highest BCUT2D eigenvalue weighted by Gasteiger charge is 2.39. The fraction of sp³-hybridized carbons (Fsp3) is 0.235. The number of anilines is 1. The van der Waals surface area contributed by atoms with Crippen molar-refractivity contribution in [3.05, 3.63) is 52.7 Å². The molecule has 9 nitrogen and oxygen atoms in total. The van der Waals surface area contributed by atoms with Gasteiger partial charge in [-0.15, -0.1) is 11.3 Å². The fourth-order valence-electron chi connectivity index (χ4n) is 3.10. The third-order valence-corrected chi connectivity index (χ3v) is 5.04. The van der Waals surface area contributed by atoms with Crippen LogP contribution < -0.4 is 21.0 Å². The molecular formula is C17H19BN4O5S. The van der Waals surface area contributed by atoms with E-state index < -0.39 is 19.1 Å². The number of carboxylic acid groups (broad SMARTS) is 1. The summed E-state index contributed by atoms with van der Waals surface area (Å²) in [7, 11) is 0.723. The van der Waals surface area contributed by atoms with Crippen LogP contribution in [0.1, 0.15) is 27.7 Å². The second-order valence-corrected chi connectivity index (χ2v) is 7.02. The number of amides is 1. The minimum atomic E-state index is -1.07. The van der Waals surface area contributed by atoms with Gasteiger partial charge < -0.3 is 30.8 Å². The number of nitrogens with zero attached hydrogens (tertiary/aromatic N) is 1. The number of benzene rings is 1. The molecule has 1 aromatic carbocycles. The van der Waals surface area contributed by atoms with Crippen LogP contribution in [0.25, 0.3) is 0 Å². The van der Waals surface area contributed by atoms with Crippen molar-refractivity contribution in [2.24, 2.45) is 0 Å². The maximum atomic E-state index is 11.4. The van der Waals surface area contributed by atoms with Gasteiger partial charge >= 0.3 is 13.1 Å². The van der Waals surface area contributed by atoms with Gasteiger partial charge in [0.1, 0.15) is 11.8 Å². The minimum Gasteiger partial charge on any atom is -0.534 e. The first-order valence-corrected chi connectivity index (χ1v) is 9.23. The molecule has 2 atom stereocenters. The molecule has 0 radical (unpaired) electrons. The molecule has 0 saturated carbocycles. The Bertz CT molecular complexity index is 905. The predicted molar refractivity (Wildman–Crippen MR) is 105 cm³/mol. The summed E-state index contributed by atoms with van der Waals surface area (Å²) in [4.78, 5) is 26.7. The van der Waals surface area contributed by atoms with Crippen LogP contribution in [0.2, 0.25) is 0 Å². The van der Waals surface area contributed by atoms with Crippen LogP contribution in [-0.4, -0.2) is 42.6 Å². The molecular weight excluding hydrogens is 383 g/mol. The second kappa shape index (κ2) is 8.32. The lowest BCUT2D eigenvalue weighted by Crippen LogP contribution is -2.53. The number of fused-ring (bicyclic) bond motifs is 1. The average molecular weight is 402 g/mol. The molecule has 28 heavy (non-hydrogen) atoms. The third-order valence-electron chi connectivity index (χ3n) is 4.35. The molecule has 0 aliphatic carbocycles. The molecule has 0 bridgehead atoms. The number of nitrogens with two attached hydrogens (primary N) is 1. The molecule has 2 heterocycles. The maximum absolute atomic E-state index is 11.4. The topological polar surface area (TPSA) is 136 Å². The molecule has 1 aliphatic heterocycles. The number of aromatic carboxylic acids is 1. The predicted octanol–water partition coefficient (Wildman–Crippen LogP) is 0.991. The van der Waals surface area contributed by atoms with E-state index in [1.54, 1.807) is 17.5 Å². The molecule has 3 rings (SSSR count). The van der Waals surface area contributed by atoms with Gasteiger partial charge in [0.25, 0.3) is 0 Å². The standard InChI is InChI=1S/C17H19BN4O5S/c1-9(14(20-8-23)12-7-28-17(19)22-12)21-13-6-10-4-3-5-11(16(24)25)15(10)27-18(13)26-2/h3-5,7-8,13-14,21H,1,6H2,2H3,(H2,19,22)(H,20,23)(H,24,25). The zero-order valence-corrected chi connectivity index (χ0v) is 15.9. The van der Waals surface area contributed by atoms with E-state index >= 15 is 0 Å². The van der Waals surface area contributed by atoms with E-state index in [9.17, 15) is 14.7 Å². The Hall–Kier alpha value is -3.05. The molecule has 2 unspecified atom stereocenters. The van der Waals surface area contributed by atoms with Gasteiger partial charge in [0.2, 0.25) is 6.41 Å². The van der Waals surface area contributed by atoms with Crippen LogP contribution in [0, 0.1) is 0 Å². The Balaban J connectivity index is 1.82. The van der Waals surface area contributed by atoms with Gasteiger partial charge in [-0.25, -0.2) is 9.78 Å². The number of nitrogens with one attached hydrogen (secondary N) is 2. The zero-order chi connectivity index (χ0) is 20.3. The minimum absolute atomic E-state index is 0.0790. The Morgan fingerprint density at radius 3 is 3.00 bits per heavy atom. The number of hydrogen-bond donors (Lipinski definition) is 4. The monoisotopic (exact) mass is 402 g/mol. The molecule has 0 saturated heterocycles. The van der Waals surface area contributed by atoms with Gasteiger partial charge in [0.05, 0.1) is 17.2 Å². The number of thiazole rings is 1. The smallest absolute Gasteiger partial charge is 0.534 e. The summed E-state index contributed by atoms with van der Waals surface area (Å²) in [6, 6.07) is 4.36. The lowest BCUT2D eigenvalue weighted by atomic mass is 9.71. The molecule has 5 N–H and O–H groups in total. The van der Waals surface area contributed by atoms with E-state index in [1.807, 2.05) is 0 Å². The first-order chi connectivity index (χ1) is 13.4. The van der Waals surface area contributed by atoms with E-state index in [2.05, 4.69) is 22.2 Å². The average Bonchev–Trinajstić information content (AvgIpc) is 3.10. The molecule has 2 aromatic rings. The highest BCUT2D eigenvalue weighted by Crippen LogP contribution is 2.31. The number of carbonyl (C=O) groups is 2. The number of aromatic nitrogens is 1. The van der Waals surface area contributed by atoms with Crippen LogP contribution in [0.3, 0.4) is 0 Å². The summed E-state index contributed by atoms with van der Waals surface area (Å²) in [5.74, 6) is -1.14. The van der Waals surface area contributed by atoms with E-state index in [1.165, 1.54) is 24.5 Å². The number of nitrogen functional groups attached to an aromatic ring is 1. The largest absolute Gasteiger partial charge is 0.549 e. The highest BCUT2D eigenvalue weighted by molar-refractivity contribution is 7.13. The summed E-state index contributed by atoms with van der Waals surface area (Å²) in [5, 5.41) is 17.4. The lowest BCUT2D eigenvalue weighted by Gasteiger charge is -2.33. The number of carbonyl (C=O) groups excluding carboxylic acids is 1. The normalized spacial score (nSPS) is 16.5. The van der Waals surface area contributed by atoms with E-state index in [-0.39, 0.29) is 11.5 Å². The Labute approximate surface area is 165 Å². The lowest BCUT2D eigenvalue weighted by molar-refractivity contribution is -0.110. The third kappa shape index (κ3) is 3.95. The Morgan fingerprint density at radius 2 is 2.39 bits per heavy atom. The molecule has 11 heteroatoms. The Kier molecular flexibility index (Phi) is 5.86. The molecule has 1 aromatic heterocycles. The van der Waals surface area contributed by atoms with Crippen molar-refractivity contribution in [3.63, 3.8) is 0 Å². The summed E-state index contributed by atoms with van der Waals surface area (Å²) < 4.78 is 11.2. The van der Waals surface area contributed by atoms with Crippen LogP contribution in [0.4, 0.5) is 5.13 Å². The van der Waals surface area contributed by atoms with Crippen molar-refractivity contribution in [2.75, 3.05) is 12.8 Å². The summed E-state index contributed by atoms with van der Waals surface area (Å²) in [6.07, 6.45) is 1.01. The van der Waals surface area contributed by atoms with E-state index in [0.29, 0.717) is 35.1 Å². The summed E-state index contributed by atoms with van der Waals surface area (Å²) in [5.41, 5.74) is 7.54. The number of hydrogen-bond acceptors (Lipinski definition) is 8. The fourth-order valence-corrected chi connectivity index (χ4v) is 3.69. The number of para-hydroxylation sites is 1. The van der Waals surface area contributed by atoms with Crippen molar-refractivity contribution in [3.8, 4) is 5.75 Å². The summed E-state index contributed by atoms with van der Waals surface area (Å²) in [6.45, 7) is 4.01. The SMILES string of the molecule is C=C(NC1Cc2cccc(C(=O)O)c2OB1OC)C(NC=O)c1csc(N)n1. The van der Waals surface area contributed by atoms with Gasteiger partial charge in [-0.1, -0.05) is 18.7 Å². The second-order valence-electron chi connectivity index (χ2n) is 6.13. The maximum Gasteiger partial charge on any atom is 0.549 e. The number of rotatable bonds is 8. The van der Waals surface area contributed by atoms with Gasteiger partial charge in [0, 0.05) is 18.2 Å². The first kappa shape index (κ1) is 19.7. The van der Waals surface area contributed by atoms with Crippen molar-refractivity contribution in [2.45, 2.75) is 18.4 Å². The first-order valence-electron chi connectivity index (χ1n) is 8.35. The van der Waals surface area contributed by atoms with Gasteiger partial charge in [-0.2, -0.15) is 0 Å². The van der Waals surface area contributed by atoms with Crippen LogP contribution >= 0.6 is 11.3 Å². The Morgan fingerprint density at radius 1 is 1.61 bits per heavy atom. The van der Waals surface area contributed by atoms with Crippen LogP contribution in [0.15, 0.2) is 35.9 Å². The molecule has 146 valence electrons. The highest BCUT2D eigenvalue weighted by atomic mass is 32.1. The van der Waals surface area contributed by atoms with Gasteiger partial charge in [0.15, 0.2) is 5.13 Å². The van der Waals surface area contributed by atoms with Gasteiger partial charge in [-0.05, 0) is 18.1 Å². The molecule has 1 amide bonds. The van der Waals surface area contributed by atoms with Crippen LogP contribution in [0.5, 0.6) is 5.75 Å². The van der Waals surface area contributed by atoms with Crippen molar-refractivity contribution in [1.82, 2.24) is 15.6 Å². The quantitative estimate of drug-likeness (QED) is 0.379. The number of carboxylic acids is 1. The van der Waals surface area contributed by atoms with Crippen molar-refractivity contribution < 1.29 is 24.0 Å². The molecule has 0 fully saturated rings. The van der Waals surface area contributed by atoms with Crippen molar-refractivity contribution in [1.29, 1.82) is 0 Å². The summed E-state index contributed by atoms with van der Waals surface area (Å²) >= 11 is 1.26. The molecule has 0 spiro atoms. The molecule has 1 aliphatic rings. The zero-order valence-electron chi connectivity index (χ0n) is 15.0. The van der Waals surface area contributed by atoms with Crippen molar-refractivity contribution >= 4 is 36.0 Å². The van der Waals surface area contributed by atoms with Crippen LogP contribution in [-0.2, 0) is 15.9 Å². The van der Waals surface area contributed by atoms with E-state index in [4.69, 9.17) is 15.0 Å². The van der Waals surface area contributed by atoms with Gasteiger partial charge in [-0.3, -0.25) is 4.79 Å².